The van der Waals surface area contributed by atoms with Crippen molar-refractivity contribution in [3.63, 3.8) is 0 Å². The number of H-pyrrole nitrogens is 2. The third kappa shape index (κ3) is 11.5. The van der Waals surface area contributed by atoms with E-state index in [0.29, 0.717) is 56.4 Å². The first kappa shape index (κ1) is 58.0. The van der Waals surface area contributed by atoms with Crippen molar-refractivity contribution >= 4 is 7.82 Å². The molecule has 8 atom stereocenters. The van der Waals surface area contributed by atoms with Gasteiger partial charge in [0.25, 0.3) is 11.1 Å². The third-order valence-corrected chi connectivity index (χ3v) is 16.5. The zero-order valence-electron chi connectivity index (χ0n) is 46.3. The first-order chi connectivity index (χ1) is 40.0. The van der Waals surface area contributed by atoms with Gasteiger partial charge in [0.05, 0.1) is 46.6 Å². The quantitative estimate of drug-likeness (QED) is 0.0400. The summed E-state index contributed by atoms with van der Waals surface area (Å²) >= 11 is 0. The minimum absolute atomic E-state index is 0.0467. The molecule has 4 N–H and O–H groups in total. The third-order valence-electron chi connectivity index (χ3n) is 15.5. The first-order valence-corrected chi connectivity index (χ1v) is 28.2. The maximum absolute atomic E-state index is 15.0. The number of benzene rings is 6. The molecule has 10 rings (SSSR count). The minimum Gasteiger partial charge on any atom is -0.497 e. The number of ether oxygens (including phenoxy) is 7. The van der Waals surface area contributed by atoms with Crippen LogP contribution in [0.4, 0.5) is 0 Å². The molecule has 0 aliphatic carbocycles. The van der Waals surface area contributed by atoms with Gasteiger partial charge in [-0.1, -0.05) is 109 Å². The highest BCUT2D eigenvalue weighted by Gasteiger charge is 2.55. The van der Waals surface area contributed by atoms with Gasteiger partial charge in [-0.25, -0.2) is 14.2 Å². The number of aromatic amines is 2. The van der Waals surface area contributed by atoms with Gasteiger partial charge < -0.3 is 43.2 Å². The average molecular weight is 1150 g/mol. The fourth-order valence-corrected chi connectivity index (χ4v) is 12.2. The SMILES string of the molecule is COc1ccc(C(O[C@H]2C[C@H](n3cc(C)c(=O)[nH]c3=O)O[C@@H]2COP(=O)(O)O[C@H]2C[C@H](n3cc(C)c(=O)[nH]c3=O)O[C@@H]2C(O)C(c2ccccc2)(c2ccc(OC)cc2)c2ccc(OC)cc2)(c2ccccc2)c2ccc(OC)cc2)cc1. The summed E-state index contributed by atoms with van der Waals surface area (Å²) in [7, 11) is 0.836. The number of aliphatic hydroxyl groups excluding tert-OH is 1. The van der Waals surface area contributed by atoms with Crippen LogP contribution >= 0.6 is 7.82 Å². The number of methoxy groups -OCH3 is 4. The van der Waals surface area contributed by atoms with Gasteiger partial charge in [-0.05, 0) is 95.8 Å². The van der Waals surface area contributed by atoms with E-state index in [4.69, 9.17) is 42.2 Å². The molecule has 0 radical (unpaired) electrons. The number of hydrogen-bond donors (Lipinski definition) is 4. The van der Waals surface area contributed by atoms with Gasteiger partial charge in [0.2, 0.25) is 0 Å². The standard InChI is InChI=1S/C62H63N4O16P/c1-38-35-65(59(70)63-57(38)68)53-33-50(81-62(43-15-11-8-12-16-43,44-21-29-48(76-5)30-22-44)45-23-31-49(77-6)32-24-45)52(79-53)37-78-83(72,73)82-51-34-54(66-36-39(2)58(69)64-60(66)71)80-55(51)56(67)61(40-13-9-7-10-14-40,41-17-25-46(74-3)26-18-41)42-19-27-47(75-4)28-20-42/h7-32,35-36,50-56,67H,33-34,37H2,1-6H3,(H,72,73)(H,63,68,70)(H,64,69,71)/t50-,51-,52+,53+,54+,55-,56?/m0/s1. The molecule has 0 spiro atoms. The van der Waals surface area contributed by atoms with Gasteiger partial charge in [0.15, 0.2) is 0 Å². The van der Waals surface area contributed by atoms with Crippen LogP contribution in [0.1, 0.15) is 69.8 Å². The zero-order chi connectivity index (χ0) is 58.6. The molecule has 21 heteroatoms. The fourth-order valence-electron chi connectivity index (χ4n) is 11.3. The lowest BCUT2D eigenvalue weighted by molar-refractivity contribution is -0.106. The van der Waals surface area contributed by atoms with E-state index in [1.807, 2.05) is 84.9 Å². The number of aliphatic hydroxyl groups is 1. The van der Waals surface area contributed by atoms with Crippen molar-refractivity contribution in [3.8, 4) is 23.0 Å². The summed E-state index contributed by atoms with van der Waals surface area (Å²) in [6.45, 7) is 2.36. The van der Waals surface area contributed by atoms with Crippen LogP contribution in [-0.2, 0) is 38.8 Å². The molecule has 2 aliphatic heterocycles. The van der Waals surface area contributed by atoms with Crippen molar-refractivity contribution in [2.45, 2.75) is 80.7 Å². The van der Waals surface area contributed by atoms with E-state index in [0.717, 1.165) is 4.57 Å². The molecule has 2 aromatic heterocycles. The molecule has 2 unspecified atom stereocenters. The molecule has 6 aromatic carbocycles. The number of aryl methyl sites for hydroxylation is 2. The van der Waals surface area contributed by atoms with E-state index in [2.05, 4.69) is 9.97 Å². The molecular weight excluding hydrogens is 1090 g/mol. The lowest BCUT2D eigenvalue weighted by Crippen LogP contribution is -2.52. The van der Waals surface area contributed by atoms with Crippen molar-refractivity contribution in [1.82, 2.24) is 19.1 Å². The Bertz CT molecular complexity index is 3720. The zero-order valence-corrected chi connectivity index (χ0v) is 47.2. The van der Waals surface area contributed by atoms with E-state index < -0.39 is 90.9 Å². The molecule has 2 fully saturated rings. The second-order valence-electron chi connectivity index (χ2n) is 20.3. The Labute approximate surface area is 476 Å². The predicted octanol–water partition coefficient (Wildman–Crippen LogP) is 7.59. The van der Waals surface area contributed by atoms with Gasteiger partial charge in [-0.15, -0.1) is 0 Å². The maximum Gasteiger partial charge on any atom is 0.472 e. The molecule has 0 saturated carbocycles. The lowest BCUT2D eigenvalue weighted by atomic mass is 9.64. The van der Waals surface area contributed by atoms with Crippen LogP contribution < -0.4 is 41.4 Å². The number of rotatable bonds is 21. The topological polar surface area (TPSA) is 250 Å². The molecule has 83 heavy (non-hydrogen) atoms. The number of hydrogen-bond acceptors (Lipinski definition) is 15. The second-order valence-corrected chi connectivity index (χ2v) is 21.7. The van der Waals surface area contributed by atoms with E-state index in [9.17, 15) is 33.7 Å². The van der Waals surface area contributed by atoms with E-state index in [1.54, 1.807) is 93.9 Å². The highest BCUT2D eigenvalue weighted by Crippen LogP contribution is 2.54. The van der Waals surface area contributed by atoms with Crippen molar-refractivity contribution in [2.75, 3.05) is 35.0 Å². The molecule has 8 aromatic rings. The second kappa shape index (κ2) is 24.3. The van der Waals surface area contributed by atoms with E-state index in [1.165, 1.54) is 38.1 Å². The van der Waals surface area contributed by atoms with E-state index >= 15 is 0 Å². The summed E-state index contributed by atoms with van der Waals surface area (Å²) in [5, 5.41) is 13.5. The summed E-state index contributed by atoms with van der Waals surface area (Å²) < 4.78 is 72.6. The Kier molecular flexibility index (Phi) is 17.0. The number of aromatic nitrogens is 4. The van der Waals surface area contributed by atoms with Crippen molar-refractivity contribution in [1.29, 1.82) is 0 Å². The van der Waals surface area contributed by atoms with E-state index in [-0.39, 0.29) is 24.0 Å². The fraction of sp³-hybridized carbons (Fsp3) is 0.290. The maximum atomic E-state index is 15.0. The van der Waals surface area contributed by atoms with Crippen molar-refractivity contribution in [2.24, 2.45) is 0 Å². The Morgan fingerprint density at radius 2 is 0.928 bits per heavy atom. The molecule has 4 heterocycles. The summed E-state index contributed by atoms with van der Waals surface area (Å²) in [5.74, 6) is 2.22. The first-order valence-electron chi connectivity index (χ1n) is 26.7. The smallest absolute Gasteiger partial charge is 0.472 e. The molecule has 0 bridgehead atoms. The average Bonchev–Trinajstić information content (AvgIpc) is 2.33. The number of phosphoric acid groups is 1. The summed E-state index contributed by atoms with van der Waals surface area (Å²) in [6, 6.07) is 47.3. The van der Waals surface area contributed by atoms with Gasteiger partial charge >= 0.3 is 19.2 Å². The lowest BCUT2D eigenvalue weighted by Gasteiger charge is -2.43. The van der Waals surface area contributed by atoms with Crippen LogP contribution in [0.25, 0.3) is 0 Å². The molecule has 0 amide bonds. The largest absolute Gasteiger partial charge is 0.497 e. The van der Waals surface area contributed by atoms with Gasteiger partial charge in [0.1, 0.15) is 65.5 Å². The molecular formula is C62H63N4O16P. The summed E-state index contributed by atoms with van der Waals surface area (Å²) in [6.07, 6.45) is -7.13. The predicted molar refractivity (Wildman–Crippen MR) is 305 cm³/mol. The minimum atomic E-state index is -5.34. The molecule has 2 saturated heterocycles. The summed E-state index contributed by atoms with van der Waals surface area (Å²) in [4.78, 5) is 69.3. The Morgan fingerprint density at radius 3 is 1.36 bits per heavy atom. The monoisotopic (exact) mass is 1150 g/mol. The number of phosphoric ester groups is 1. The Hall–Kier alpha value is -8.17. The molecule has 20 nitrogen and oxygen atoms in total. The van der Waals surface area contributed by atoms with Crippen LogP contribution in [0.3, 0.4) is 0 Å². The van der Waals surface area contributed by atoms with Crippen LogP contribution in [0, 0.1) is 13.8 Å². The highest BCUT2D eigenvalue weighted by molar-refractivity contribution is 7.47. The Balaban J connectivity index is 1.06. The van der Waals surface area contributed by atoms with Crippen molar-refractivity contribution in [3.05, 3.63) is 256 Å². The van der Waals surface area contributed by atoms with Crippen LogP contribution in [0.15, 0.2) is 189 Å². The van der Waals surface area contributed by atoms with Crippen LogP contribution in [0.2, 0.25) is 0 Å². The number of nitrogens with zero attached hydrogens (tertiary/aromatic N) is 2. The van der Waals surface area contributed by atoms with Gasteiger partial charge in [-0.2, -0.15) is 0 Å². The molecule has 2 aliphatic rings. The van der Waals surface area contributed by atoms with Gasteiger partial charge in [-0.3, -0.25) is 37.7 Å². The van der Waals surface area contributed by atoms with Crippen molar-refractivity contribution < 1.29 is 56.8 Å². The highest BCUT2D eigenvalue weighted by atomic mass is 31.2. The van der Waals surface area contributed by atoms with Gasteiger partial charge in [0, 0.05) is 36.4 Å². The van der Waals surface area contributed by atoms with Crippen LogP contribution in [-0.4, -0.2) is 94.7 Å². The molecule has 432 valence electrons. The Morgan fingerprint density at radius 1 is 0.554 bits per heavy atom. The number of nitrogens with one attached hydrogen (secondary N) is 2. The summed E-state index contributed by atoms with van der Waals surface area (Å²) in [5.41, 5.74) is -1.77. The van der Waals surface area contributed by atoms with Crippen LogP contribution in [0.5, 0.6) is 23.0 Å². The normalized spacial score (nSPS) is 20.1.